The molecular weight excluding hydrogens is 148 g/mol. The largest absolute Gasteiger partial charge is 0.399 e. The van der Waals surface area contributed by atoms with Crippen molar-refractivity contribution < 1.29 is 0 Å². The second-order valence-corrected chi connectivity index (χ2v) is 3.07. The lowest BCUT2D eigenvalue weighted by molar-refractivity contribution is 0.647. The normalized spacial score (nSPS) is 12.8. The maximum Gasteiger partial charge on any atom is 0.0347 e. The molecule has 0 heterocycles. The van der Waals surface area contributed by atoms with Crippen LogP contribution in [0.2, 0.25) is 0 Å². The van der Waals surface area contributed by atoms with Crippen LogP contribution in [0, 0.1) is 0 Å². The van der Waals surface area contributed by atoms with Crippen LogP contribution in [0.15, 0.2) is 24.3 Å². The van der Waals surface area contributed by atoms with Crippen LogP contribution in [-0.4, -0.2) is 6.04 Å². The average molecular weight is 164 g/mol. The van der Waals surface area contributed by atoms with Crippen molar-refractivity contribution in [1.82, 2.24) is 0 Å². The van der Waals surface area contributed by atoms with Crippen molar-refractivity contribution in [1.29, 1.82) is 0 Å². The SMILES string of the molecule is CCC(N)Cc1ccccc1N. The van der Waals surface area contributed by atoms with Gasteiger partial charge < -0.3 is 11.5 Å². The third kappa shape index (κ3) is 2.24. The molecule has 0 aliphatic carbocycles. The van der Waals surface area contributed by atoms with E-state index in [0.29, 0.717) is 0 Å². The van der Waals surface area contributed by atoms with E-state index in [2.05, 4.69) is 6.92 Å². The fourth-order valence-corrected chi connectivity index (χ4v) is 1.15. The molecular formula is C10H16N2. The molecule has 0 fully saturated rings. The number of para-hydroxylation sites is 1. The number of hydrogen-bond acceptors (Lipinski definition) is 2. The Kier molecular flexibility index (Phi) is 3.11. The van der Waals surface area contributed by atoms with Crippen LogP contribution in [0.25, 0.3) is 0 Å². The van der Waals surface area contributed by atoms with Crippen molar-refractivity contribution in [2.24, 2.45) is 5.73 Å². The molecule has 1 unspecified atom stereocenters. The molecule has 2 heteroatoms. The first-order valence-corrected chi connectivity index (χ1v) is 4.33. The van der Waals surface area contributed by atoms with Crippen LogP contribution in [0.3, 0.4) is 0 Å². The van der Waals surface area contributed by atoms with Gasteiger partial charge in [-0.25, -0.2) is 0 Å². The van der Waals surface area contributed by atoms with Crippen molar-refractivity contribution in [3.63, 3.8) is 0 Å². The van der Waals surface area contributed by atoms with E-state index in [4.69, 9.17) is 11.5 Å². The summed E-state index contributed by atoms with van der Waals surface area (Å²) >= 11 is 0. The molecule has 0 aliphatic heterocycles. The lowest BCUT2D eigenvalue weighted by Gasteiger charge is -2.10. The molecule has 0 aliphatic rings. The summed E-state index contributed by atoms with van der Waals surface area (Å²) < 4.78 is 0. The first kappa shape index (κ1) is 9.07. The third-order valence-electron chi connectivity index (χ3n) is 2.06. The molecule has 0 saturated carbocycles. The first-order chi connectivity index (χ1) is 5.74. The van der Waals surface area contributed by atoms with E-state index in [1.54, 1.807) is 0 Å². The van der Waals surface area contributed by atoms with E-state index in [1.807, 2.05) is 24.3 Å². The van der Waals surface area contributed by atoms with Gasteiger partial charge in [-0.15, -0.1) is 0 Å². The van der Waals surface area contributed by atoms with Crippen molar-refractivity contribution in [3.05, 3.63) is 29.8 Å². The molecule has 0 radical (unpaired) electrons. The minimum atomic E-state index is 0.231. The molecule has 0 bridgehead atoms. The molecule has 12 heavy (non-hydrogen) atoms. The second-order valence-electron chi connectivity index (χ2n) is 3.07. The Hall–Kier alpha value is -1.02. The number of hydrogen-bond donors (Lipinski definition) is 2. The number of nitrogens with two attached hydrogens (primary N) is 2. The van der Waals surface area contributed by atoms with Crippen LogP contribution in [0.1, 0.15) is 18.9 Å². The zero-order valence-corrected chi connectivity index (χ0v) is 7.46. The molecule has 1 rings (SSSR count). The Morgan fingerprint density at radius 3 is 2.58 bits per heavy atom. The van der Waals surface area contributed by atoms with Gasteiger partial charge in [0.1, 0.15) is 0 Å². The minimum Gasteiger partial charge on any atom is -0.399 e. The van der Waals surface area contributed by atoms with E-state index in [0.717, 1.165) is 24.1 Å². The van der Waals surface area contributed by atoms with Crippen LogP contribution < -0.4 is 11.5 Å². The molecule has 1 aromatic carbocycles. The molecule has 2 nitrogen and oxygen atoms in total. The van der Waals surface area contributed by atoms with E-state index in [-0.39, 0.29) is 6.04 Å². The lowest BCUT2D eigenvalue weighted by Crippen LogP contribution is -2.21. The number of nitrogen functional groups attached to an aromatic ring is 1. The van der Waals surface area contributed by atoms with Gasteiger partial charge in [0, 0.05) is 11.7 Å². The molecule has 0 spiro atoms. The maximum atomic E-state index is 5.82. The monoisotopic (exact) mass is 164 g/mol. The summed E-state index contributed by atoms with van der Waals surface area (Å²) in [5.74, 6) is 0. The third-order valence-corrected chi connectivity index (χ3v) is 2.06. The van der Waals surface area contributed by atoms with Crippen LogP contribution in [-0.2, 0) is 6.42 Å². The average Bonchev–Trinajstić information content (AvgIpc) is 2.09. The van der Waals surface area contributed by atoms with Crippen molar-refractivity contribution in [2.75, 3.05) is 5.73 Å². The van der Waals surface area contributed by atoms with Gasteiger partial charge in [0.05, 0.1) is 0 Å². The van der Waals surface area contributed by atoms with E-state index in [9.17, 15) is 0 Å². The number of rotatable bonds is 3. The zero-order valence-electron chi connectivity index (χ0n) is 7.46. The summed E-state index contributed by atoms with van der Waals surface area (Å²) in [4.78, 5) is 0. The first-order valence-electron chi connectivity index (χ1n) is 4.33. The molecule has 1 aromatic rings. The highest BCUT2D eigenvalue weighted by Gasteiger charge is 2.02. The smallest absolute Gasteiger partial charge is 0.0347 e. The zero-order chi connectivity index (χ0) is 8.97. The van der Waals surface area contributed by atoms with Gasteiger partial charge in [-0.3, -0.25) is 0 Å². The Morgan fingerprint density at radius 2 is 2.00 bits per heavy atom. The number of benzene rings is 1. The second kappa shape index (κ2) is 4.12. The number of anilines is 1. The van der Waals surface area contributed by atoms with Gasteiger partial charge in [0.15, 0.2) is 0 Å². The van der Waals surface area contributed by atoms with E-state index >= 15 is 0 Å². The minimum absolute atomic E-state index is 0.231. The van der Waals surface area contributed by atoms with Crippen molar-refractivity contribution in [2.45, 2.75) is 25.8 Å². The summed E-state index contributed by atoms with van der Waals surface area (Å²) in [7, 11) is 0. The van der Waals surface area contributed by atoms with Crippen LogP contribution in [0.5, 0.6) is 0 Å². The molecule has 1 atom stereocenters. The van der Waals surface area contributed by atoms with Gasteiger partial charge in [0.25, 0.3) is 0 Å². The summed E-state index contributed by atoms with van der Waals surface area (Å²) in [5.41, 5.74) is 13.6. The van der Waals surface area contributed by atoms with Gasteiger partial charge in [-0.05, 0) is 24.5 Å². The van der Waals surface area contributed by atoms with Crippen LogP contribution >= 0.6 is 0 Å². The van der Waals surface area contributed by atoms with Crippen molar-refractivity contribution in [3.8, 4) is 0 Å². The Labute approximate surface area is 73.6 Å². The maximum absolute atomic E-state index is 5.82. The van der Waals surface area contributed by atoms with Gasteiger partial charge in [0.2, 0.25) is 0 Å². The van der Waals surface area contributed by atoms with Gasteiger partial charge in [-0.1, -0.05) is 25.1 Å². The lowest BCUT2D eigenvalue weighted by atomic mass is 10.0. The van der Waals surface area contributed by atoms with E-state index < -0.39 is 0 Å². The van der Waals surface area contributed by atoms with Crippen molar-refractivity contribution >= 4 is 5.69 Å². The molecule has 4 N–H and O–H groups in total. The quantitative estimate of drug-likeness (QED) is 0.666. The summed E-state index contributed by atoms with van der Waals surface area (Å²) in [6.45, 7) is 2.09. The molecule has 0 amide bonds. The van der Waals surface area contributed by atoms with E-state index in [1.165, 1.54) is 0 Å². The van der Waals surface area contributed by atoms with Crippen LogP contribution in [0.4, 0.5) is 5.69 Å². The molecule has 0 saturated heterocycles. The van der Waals surface area contributed by atoms with Gasteiger partial charge in [-0.2, -0.15) is 0 Å². The predicted octanol–water partition coefficient (Wildman–Crippen LogP) is 1.55. The Balaban J connectivity index is 2.69. The fourth-order valence-electron chi connectivity index (χ4n) is 1.15. The Morgan fingerprint density at radius 1 is 1.33 bits per heavy atom. The Bertz CT molecular complexity index is 245. The standard InChI is InChI=1S/C10H16N2/c1-2-9(11)7-8-5-3-4-6-10(8)12/h3-6,9H,2,7,11-12H2,1H3. The summed E-state index contributed by atoms with van der Waals surface area (Å²) in [6.07, 6.45) is 1.87. The van der Waals surface area contributed by atoms with Gasteiger partial charge >= 0.3 is 0 Å². The summed E-state index contributed by atoms with van der Waals surface area (Å²) in [5, 5.41) is 0. The summed E-state index contributed by atoms with van der Waals surface area (Å²) in [6, 6.07) is 8.11. The fraction of sp³-hybridized carbons (Fsp3) is 0.400. The highest BCUT2D eigenvalue weighted by molar-refractivity contribution is 5.46. The molecule has 66 valence electrons. The highest BCUT2D eigenvalue weighted by Crippen LogP contribution is 2.12. The molecule has 0 aromatic heterocycles. The highest BCUT2D eigenvalue weighted by atomic mass is 14.6. The predicted molar refractivity (Wildman–Crippen MR) is 52.8 cm³/mol. The topological polar surface area (TPSA) is 52.0 Å².